The van der Waals surface area contributed by atoms with Crippen molar-refractivity contribution in [2.24, 2.45) is 0 Å². The maximum absolute atomic E-state index is 12.0. The van der Waals surface area contributed by atoms with Gasteiger partial charge in [0, 0.05) is 11.4 Å². The van der Waals surface area contributed by atoms with Crippen LogP contribution in [-0.2, 0) is 0 Å². The molecule has 0 unspecified atom stereocenters. The van der Waals surface area contributed by atoms with E-state index in [0.717, 1.165) is 5.13 Å². The summed E-state index contributed by atoms with van der Waals surface area (Å²) in [5.74, 6) is 1.15. The van der Waals surface area contributed by atoms with Gasteiger partial charge >= 0.3 is 0 Å². The van der Waals surface area contributed by atoms with Crippen LogP contribution in [0.3, 0.4) is 0 Å². The van der Waals surface area contributed by atoms with Gasteiger partial charge in [-0.25, -0.2) is 4.98 Å². The van der Waals surface area contributed by atoms with Gasteiger partial charge in [-0.2, -0.15) is 0 Å². The molecule has 1 aromatic carbocycles. The summed E-state index contributed by atoms with van der Waals surface area (Å²) in [6, 6.07) is 7.95. The number of amides is 1. The van der Waals surface area contributed by atoms with Crippen molar-refractivity contribution >= 4 is 22.4 Å². The van der Waals surface area contributed by atoms with Crippen molar-refractivity contribution in [2.45, 2.75) is 18.9 Å². The van der Waals surface area contributed by atoms with E-state index in [1.54, 1.807) is 12.5 Å². The number of hydrogen-bond acceptors (Lipinski definition) is 6. The maximum Gasteiger partial charge on any atom is 0.270 e. The lowest BCUT2D eigenvalue weighted by atomic mass is 10.3. The van der Waals surface area contributed by atoms with Crippen LogP contribution in [0.5, 0.6) is 11.5 Å². The number of para-hydroxylation sites is 2. The molecule has 0 atom stereocenters. The molecule has 1 saturated carbocycles. The van der Waals surface area contributed by atoms with Crippen molar-refractivity contribution < 1.29 is 14.3 Å². The Bertz CT molecular complexity index is 670. The topological polar surface area (TPSA) is 72.5 Å². The highest BCUT2D eigenvalue weighted by atomic mass is 32.1. The molecule has 7 heteroatoms. The van der Waals surface area contributed by atoms with Crippen molar-refractivity contribution in [3.8, 4) is 11.5 Å². The Kier molecular flexibility index (Phi) is 4.97. The smallest absolute Gasteiger partial charge is 0.270 e. The molecule has 122 valence electrons. The van der Waals surface area contributed by atoms with Gasteiger partial charge in [0.1, 0.15) is 12.3 Å². The SMILES string of the molecule is COc1ccccc1OCCNC(=O)c1csc(NC2CC2)n1. The molecule has 0 bridgehead atoms. The first-order valence-electron chi connectivity index (χ1n) is 7.52. The second kappa shape index (κ2) is 7.32. The van der Waals surface area contributed by atoms with E-state index in [1.165, 1.54) is 24.2 Å². The number of carbonyl (C=O) groups is 1. The van der Waals surface area contributed by atoms with Gasteiger partial charge in [-0.1, -0.05) is 12.1 Å². The van der Waals surface area contributed by atoms with Crippen LogP contribution in [0.4, 0.5) is 5.13 Å². The van der Waals surface area contributed by atoms with E-state index in [-0.39, 0.29) is 5.91 Å². The van der Waals surface area contributed by atoms with Crippen molar-refractivity contribution in [2.75, 3.05) is 25.6 Å². The molecule has 2 N–H and O–H groups in total. The zero-order chi connectivity index (χ0) is 16.1. The average molecular weight is 333 g/mol. The van der Waals surface area contributed by atoms with Gasteiger partial charge in [0.15, 0.2) is 16.6 Å². The summed E-state index contributed by atoms with van der Waals surface area (Å²) in [5.41, 5.74) is 0.440. The number of nitrogens with one attached hydrogen (secondary N) is 2. The van der Waals surface area contributed by atoms with Crippen LogP contribution in [0.2, 0.25) is 0 Å². The number of carbonyl (C=O) groups excluding carboxylic acids is 1. The third-order valence-corrected chi connectivity index (χ3v) is 4.13. The van der Waals surface area contributed by atoms with Gasteiger partial charge in [0.25, 0.3) is 5.91 Å². The fraction of sp³-hybridized carbons (Fsp3) is 0.375. The molecule has 2 aromatic rings. The van der Waals surface area contributed by atoms with E-state index < -0.39 is 0 Å². The Morgan fingerprint density at radius 3 is 2.87 bits per heavy atom. The molecule has 6 nitrogen and oxygen atoms in total. The molecular weight excluding hydrogens is 314 g/mol. The molecule has 0 spiro atoms. The van der Waals surface area contributed by atoms with Crippen LogP contribution in [-0.4, -0.2) is 37.2 Å². The minimum absolute atomic E-state index is 0.186. The highest BCUT2D eigenvalue weighted by Gasteiger charge is 2.22. The van der Waals surface area contributed by atoms with E-state index in [4.69, 9.17) is 9.47 Å². The van der Waals surface area contributed by atoms with Gasteiger partial charge in [-0.05, 0) is 25.0 Å². The predicted molar refractivity (Wildman–Crippen MR) is 89.6 cm³/mol. The summed E-state index contributed by atoms with van der Waals surface area (Å²) < 4.78 is 10.8. The highest BCUT2D eigenvalue weighted by Crippen LogP contribution is 2.27. The van der Waals surface area contributed by atoms with Gasteiger partial charge in [-0.3, -0.25) is 4.79 Å². The lowest BCUT2D eigenvalue weighted by molar-refractivity contribution is 0.0942. The number of rotatable bonds is 8. The highest BCUT2D eigenvalue weighted by molar-refractivity contribution is 7.13. The van der Waals surface area contributed by atoms with E-state index in [0.29, 0.717) is 36.4 Å². The Labute approximate surface area is 138 Å². The van der Waals surface area contributed by atoms with Crippen LogP contribution in [0.15, 0.2) is 29.6 Å². The second-order valence-electron chi connectivity index (χ2n) is 5.21. The van der Waals surface area contributed by atoms with E-state index in [2.05, 4.69) is 15.6 Å². The number of thiazole rings is 1. The molecule has 0 aliphatic heterocycles. The second-order valence-corrected chi connectivity index (χ2v) is 6.07. The molecule has 1 aliphatic rings. The number of methoxy groups -OCH3 is 1. The van der Waals surface area contributed by atoms with Gasteiger partial charge in [-0.15, -0.1) is 11.3 Å². The molecule has 1 fully saturated rings. The molecule has 1 aromatic heterocycles. The maximum atomic E-state index is 12.0. The van der Waals surface area contributed by atoms with Crippen molar-refractivity contribution in [3.63, 3.8) is 0 Å². The van der Waals surface area contributed by atoms with E-state index in [9.17, 15) is 4.79 Å². The normalized spacial score (nSPS) is 13.4. The zero-order valence-electron chi connectivity index (χ0n) is 12.9. The Morgan fingerprint density at radius 2 is 2.13 bits per heavy atom. The first-order valence-corrected chi connectivity index (χ1v) is 8.40. The third kappa shape index (κ3) is 4.35. The predicted octanol–water partition coefficient (Wildman–Crippen LogP) is 2.53. The van der Waals surface area contributed by atoms with Gasteiger partial charge in [0.2, 0.25) is 0 Å². The molecule has 3 rings (SSSR count). The molecule has 1 aliphatic carbocycles. The summed E-state index contributed by atoms with van der Waals surface area (Å²) in [6.45, 7) is 0.767. The molecule has 0 saturated heterocycles. The van der Waals surface area contributed by atoms with E-state index in [1.807, 2.05) is 24.3 Å². The standard InChI is InChI=1S/C16H19N3O3S/c1-21-13-4-2-3-5-14(13)22-9-8-17-15(20)12-10-23-16(19-12)18-11-6-7-11/h2-5,10-11H,6-9H2,1H3,(H,17,20)(H,18,19). The van der Waals surface area contributed by atoms with Crippen molar-refractivity contribution in [3.05, 3.63) is 35.3 Å². The third-order valence-electron chi connectivity index (χ3n) is 3.36. The van der Waals surface area contributed by atoms with Crippen molar-refractivity contribution in [1.29, 1.82) is 0 Å². The summed E-state index contributed by atoms with van der Waals surface area (Å²) >= 11 is 1.46. The first-order chi connectivity index (χ1) is 11.3. The number of nitrogens with zero attached hydrogens (tertiary/aromatic N) is 1. The monoisotopic (exact) mass is 333 g/mol. The lowest BCUT2D eigenvalue weighted by Gasteiger charge is -2.10. The van der Waals surface area contributed by atoms with Gasteiger partial charge in [0.05, 0.1) is 13.7 Å². The molecule has 0 radical (unpaired) electrons. The Hall–Kier alpha value is -2.28. The fourth-order valence-corrected chi connectivity index (χ4v) is 2.77. The number of aromatic nitrogens is 1. The Morgan fingerprint density at radius 1 is 1.35 bits per heavy atom. The zero-order valence-corrected chi connectivity index (χ0v) is 13.7. The average Bonchev–Trinajstić information content (AvgIpc) is 3.26. The van der Waals surface area contributed by atoms with Gasteiger partial charge < -0.3 is 20.1 Å². The summed E-state index contributed by atoms with van der Waals surface area (Å²) in [5, 5.41) is 8.66. The molecule has 1 amide bonds. The molecular formula is C16H19N3O3S. The lowest BCUT2D eigenvalue weighted by Crippen LogP contribution is -2.28. The van der Waals surface area contributed by atoms with Crippen LogP contribution in [0.1, 0.15) is 23.3 Å². The van der Waals surface area contributed by atoms with E-state index >= 15 is 0 Å². The molecule has 23 heavy (non-hydrogen) atoms. The minimum atomic E-state index is -0.186. The summed E-state index contributed by atoms with van der Waals surface area (Å²) in [4.78, 5) is 16.3. The van der Waals surface area contributed by atoms with Crippen LogP contribution in [0, 0.1) is 0 Å². The fourth-order valence-electron chi connectivity index (χ4n) is 2.00. The number of benzene rings is 1. The van der Waals surface area contributed by atoms with Crippen LogP contribution in [0.25, 0.3) is 0 Å². The minimum Gasteiger partial charge on any atom is -0.493 e. The summed E-state index contributed by atoms with van der Waals surface area (Å²) in [6.07, 6.45) is 2.36. The van der Waals surface area contributed by atoms with Crippen LogP contribution < -0.4 is 20.1 Å². The first kappa shape index (κ1) is 15.6. The quantitative estimate of drug-likeness (QED) is 0.726. The number of anilines is 1. The number of hydrogen-bond donors (Lipinski definition) is 2. The summed E-state index contributed by atoms with van der Waals surface area (Å²) in [7, 11) is 1.60. The van der Waals surface area contributed by atoms with Crippen LogP contribution >= 0.6 is 11.3 Å². The Balaban J connectivity index is 1.42. The van der Waals surface area contributed by atoms with Crippen molar-refractivity contribution in [1.82, 2.24) is 10.3 Å². The number of ether oxygens (including phenoxy) is 2. The molecule has 1 heterocycles. The largest absolute Gasteiger partial charge is 0.493 e.